The molecule has 0 amide bonds. The number of hydrazine groups is 2. The van der Waals surface area contributed by atoms with Gasteiger partial charge in [0.15, 0.2) is 22.4 Å². The second-order valence-corrected chi connectivity index (χ2v) is 5.62. The predicted octanol–water partition coefficient (Wildman–Crippen LogP) is -4.00. The molecular weight excluding hydrogens is 272 g/mol. The number of nitrogens with one attached hydrogen (secondary N) is 1. The molecule has 6 unspecified atom stereocenters. The van der Waals surface area contributed by atoms with Gasteiger partial charge in [-0.1, -0.05) is 0 Å². The van der Waals surface area contributed by atoms with E-state index in [0.29, 0.717) is 0 Å². The highest BCUT2D eigenvalue weighted by molar-refractivity contribution is 5.05. The summed E-state index contributed by atoms with van der Waals surface area (Å²) in [6.45, 7) is 0. The van der Waals surface area contributed by atoms with Crippen molar-refractivity contribution in [1.82, 2.24) is 25.1 Å². The predicted molar refractivity (Wildman–Crippen MR) is 61.0 cm³/mol. The van der Waals surface area contributed by atoms with Gasteiger partial charge < -0.3 is 0 Å². The van der Waals surface area contributed by atoms with Gasteiger partial charge in [0.05, 0.1) is 0 Å². The number of hydrogen-bond donors (Lipinski definition) is 2. The fourth-order valence-electron chi connectivity index (χ4n) is 4.13. The van der Waals surface area contributed by atoms with Crippen LogP contribution in [-0.4, -0.2) is 81.0 Å². The topological polar surface area (TPSA) is 128 Å². The van der Waals surface area contributed by atoms with Crippen molar-refractivity contribution >= 4 is 0 Å². The van der Waals surface area contributed by atoms with Gasteiger partial charge in [0.2, 0.25) is 12.3 Å². The number of nitro groups is 2. The van der Waals surface area contributed by atoms with Gasteiger partial charge in [0.25, 0.3) is 0 Å². The Morgan fingerprint density at radius 3 is 1.70 bits per heavy atom. The average Bonchev–Trinajstić information content (AvgIpc) is 2.71. The molecule has 0 spiro atoms. The Morgan fingerprint density at radius 1 is 0.950 bits per heavy atom. The average molecular weight is 287 g/mol. The van der Waals surface area contributed by atoms with Crippen molar-refractivity contribution in [2.45, 2.75) is 37.0 Å². The molecule has 5 rings (SSSR count). The third-order valence-electron chi connectivity index (χ3n) is 4.89. The van der Waals surface area contributed by atoms with Gasteiger partial charge in [-0.3, -0.25) is 20.4 Å². The second kappa shape index (κ2) is 3.46. The Hall–Kier alpha value is -1.76. The molecule has 12 nitrogen and oxygen atoms in total. The van der Waals surface area contributed by atoms with Crippen LogP contribution in [0.1, 0.15) is 0 Å². The van der Waals surface area contributed by atoms with Gasteiger partial charge >= 0.3 is 0 Å². The molecule has 0 aromatic heterocycles. The fourth-order valence-corrected chi connectivity index (χ4v) is 4.13. The summed E-state index contributed by atoms with van der Waals surface area (Å²) in [5.74, 6) is 0. The van der Waals surface area contributed by atoms with Gasteiger partial charge in [0, 0.05) is 0 Å². The Kier molecular flexibility index (Phi) is 2.08. The largest absolute Gasteiger partial charge is 0.294 e. The van der Waals surface area contributed by atoms with Crippen LogP contribution < -0.4 is 10.6 Å². The third-order valence-corrected chi connectivity index (χ3v) is 4.89. The van der Waals surface area contributed by atoms with Crippen LogP contribution in [0.15, 0.2) is 0 Å². The molecular formula is C8H15N8O4+. The van der Waals surface area contributed by atoms with Crippen molar-refractivity contribution in [3.63, 3.8) is 0 Å². The number of rotatable bonds is 2. The Balaban J connectivity index is 1.88. The summed E-state index contributed by atoms with van der Waals surface area (Å²) in [5.41, 5.74) is 0. The number of quaternary nitrogens is 1. The van der Waals surface area contributed by atoms with Crippen LogP contribution in [0.3, 0.4) is 0 Å². The molecule has 0 aromatic carbocycles. The van der Waals surface area contributed by atoms with Crippen LogP contribution in [-0.2, 0) is 0 Å². The molecule has 110 valence electrons. The van der Waals surface area contributed by atoms with Crippen LogP contribution in [0.5, 0.6) is 0 Å². The molecule has 5 aliphatic heterocycles. The normalized spacial score (nSPS) is 46.3. The van der Waals surface area contributed by atoms with Crippen molar-refractivity contribution < 1.29 is 15.4 Å². The zero-order valence-corrected chi connectivity index (χ0v) is 10.9. The number of nitrogens with two attached hydrogens (primary N) is 1. The van der Waals surface area contributed by atoms with Crippen LogP contribution >= 0.6 is 0 Å². The molecule has 5 heterocycles. The molecule has 0 radical (unpaired) electrons. The highest BCUT2D eigenvalue weighted by Gasteiger charge is 2.74. The fraction of sp³-hybridized carbons (Fsp3) is 1.00. The second-order valence-electron chi connectivity index (χ2n) is 5.62. The van der Waals surface area contributed by atoms with Gasteiger partial charge in [0.1, 0.15) is 12.3 Å². The van der Waals surface area contributed by atoms with E-state index in [2.05, 4.69) is 5.32 Å². The summed E-state index contributed by atoms with van der Waals surface area (Å²) in [7, 11) is 3.53. The van der Waals surface area contributed by atoms with E-state index in [0.717, 1.165) is 10.0 Å². The van der Waals surface area contributed by atoms with Crippen molar-refractivity contribution in [3.05, 3.63) is 20.2 Å². The Morgan fingerprint density at radius 2 is 1.35 bits per heavy atom. The summed E-state index contributed by atoms with van der Waals surface area (Å²) >= 11 is 0. The maximum absolute atomic E-state index is 11.4. The minimum absolute atomic E-state index is 0.187. The quantitative estimate of drug-likeness (QED) is 0.385. The van der Waals surface area contributed by atoms with Crippen LogP contribution in [0.4, 0.5) is 0 Å². The lowest BCUT2D eigenvalue weighted by molar-refractivity contribution is -0.849. The van der Waals surface area contributed by atoms with E-state index in [1.807, 2.05) is 9.80 Å². The van der Waals surface area contributed by atoms with E-state index < -0.39 is 34.7 Å². The SMILES string of the molecule is CN1C2NC3C4[NH2+]C2N([N+](=O)[O-])C1C(N3C)N4[N+](=O)[O-]. The molecule has 12 heteroatoms. The van der Waals surface area contributed by atoms with E-state index in [1.165, 1.54) is 0 Å². The first-order valence-corrected chi connectivity index (χ1v) is 6.33. The molecule has 0 aliphatic carbocycles. The first-order chi connectivity index (χ1) is 9.43. The van der Waals surface area contributed by atoms with E-state index >= 15 is 0 Å². The molecule has 5 aliphatic rings. The summed E-state index contributed by atoms with van der Waals surface area (Å²) < 4.78 is 0. The van der Waals surface area contributed by atoms with Gasteiger partial charge in [-0.2, -0.15) is 0 Å². The minimum atomic E-state index is -0.656. The van der Waals surface area contributed by atoms with E-state index in [4.69, 9.17) is 0 Å². The van der Waals surface area contributed by atoms with Crippen molar-refractivity contribution in [3.8, 4) is 0 Å². The standard InChI is InChI=1S/C8H14N8O4/c1-11-3-5-10-6-4(9-3)12(2)8(14(6)16(19)20)7(11)13(5)15(17)18/h3-10H,1-2H3/p+1. The number of nitrogens with zero attached hydrogens (tertiary/aromatic N) is 6. The maximum atomic E-state index is 11.4. The van der Waals surface area contributed by atoms with Crippen LogP contribution in [0, 0.1) is 20.2 Å². The highest BCUT2D eigenvalue weighted by Crippen LogP contribution is 2.38. The Bertz CT molecular complexity index is 461. The first kappa shape index (κ1) is 12.0. The van der Waals surface area contributed by atoms with Crippen LogP contribution in [0.25, 0.3) is 0 Å². The lowest BCUT2D eigenvalue weighted by atomic mass is 10.2. The van der Waals surface area contributed by atoms with E-state index in [9.17, 15) is 20.2 Å². The summed E-state index contributed by atoms with van der Waals surface area (Å²) in [6.07, 6.45) is -2.60. The van der Waals surface area contributed by atoms with Gasteiger partial charge in [-0.25, -0.2) is 20.2 Å². The zero-order valence-electron chi connectivity index (χ0n) is 10.9. The number of hydrogen-bond acceptors (Lipinski definition) is 7. The summed E-state index contributed by atoms with van der Waals surface area (Å²) in [6, 6.07) is 0. The van der Waals surface area contributed by atoms with Gasteiger partial charge in [-0.05, 0) is 24.1 Å². The van der Waals surface area contributed by atoms with E-state index in [-0.39, 0.29) is 12.3 Å². The minimum Gasteiger partial charge on any atom is -0.294 e. The maximum Gasteiger partial charge on any atom is 0.248 e. The number of piperazine rings is 1. The summed E-state index contributed by atoms with van der Waals surface area (Å²) in [4.78, 5) is 26.4. The lowest BCUT2D eigenvalue weighted by Gasteiger charge is -2.35. The van der Waals surface area contributed by atoms with Crippen LogP contribution in [0.2, 0.25) is 0 Å². The highest BCUT2D eigenvalue weighted by atomic mass is 16.7. The summed E-state index contributed by atoms with van der Waals surface area (Å²) in [5, 5.41) is 29.2. The Labute approximate surface area is 113 Å². The van der Waals surface area contributed by atoms with Gasteiger partial charge in [-0.15, -0.1) is 0 Å². The van der Waals surface area contributed by atoms with Crippen molar-refractivity contribution in [2.75, 3.05) is 14.1 Å². The molecule has 3 N–H and O–H groups in total. The van der Waals surface area contributed by atoms with E-state index in [1.54, 1.807) is 19.4 Å². The molecule has 6 atom stereocenters. The number of likely N-dealkylation sites (N-methyl/N-ethyl adjacent to an activating group) is 2. The van der Waals surface area contributed by atoms with Crippen molar-refractivity contribution in [2.24, 2.45) is 0 Å². The molecule has 5 fully saturated rings. The smallest absolute Gasteiger partial charge is 0.248 e. The van der Waals surface area contributed by atoms with Crippen molar-refractivity contribution in [1.29, 1.82) is 0 Å². The first-order valence-electron chi connectivity index (χ1n) is 6.33. The third kappa shape index (κ3) is 1.11. The molecule has 0 aromatic rings. The molecule has 0 saturated carbocycles. The lowest BCUT2D eigenvalue weighted by Crippen LogP contribution is -3.07. The monoisotopic (exact) mass is 287 g/mol. The zero-order chi connectivity index (χ0) is 14.3. The molecule has 5 saturated heterocycles. The molecule has 6 bridgehead atoms. The molecule has 20 heavy (non-hydrogen) atoms.